The molecule has 0 aliphatic heterocycles. The van der Waals surface area contributed by atoms with Crippen LogP contribution in [-0.4, -0.2) is 34.7 Å². The van der Waals surface area contributed by atoms with E-state index in [-0.39, 0.29) is 11.8 Å². The SMILES string of the molecule is CCCOCCNc1nc(N)nc2ncc(-c3ccc(F)cc3)cc12. The van der Waals surface area contributed by atoms with Crippen LogP contribution in [0.1, 0.15) is 13.3 Å². The number of aromatic nitrogens is 3. The molecule has 3 N–H and O–H groups in total. The Morgan fingerprint density at radius 1 is 1.12 bits per heavy atom. The second kappa shape index (κ2) is 7.85. The van der Waals surface area contributed by atoms with Gasteiger partial charge in [-0.05, 0) is 30.2 Å². The van der Waals surface area contributed by atoms with Gasteiger partial charge in [0.05, 0.1) is 12.0 Å². The lowest BCUT2D eigenvalue weighted by Gasteiger charge is -2.10. The van der Waals surface area contributed by atoms with Crippen molar-refractivity contribution in [2.45, 2.75) is 13.3 Å². The molecule has 2 heterocycles. The highest BCUT2D eigenvalue weighted by Crippen LogP contribution is 2.26. The zero-order chi connectivity index (χ0) is 17.6. The molecular weight excluding hydrogens is 321 g/mol. The van der Waals surface area contributed by atoms with Crippen molar-refractivity contribution in [2.24, 2.45) is 0 Å². The molecule has 6 nitrogen and oxygen atoms in total. The molecular formula is C18H20FN5O. The Bertz CT molecular complexity index is 854. The standard InChI is InChI=1S/C18H20FN5O/c1-2-8-25-9-7-21-16-15-10-13(12-3-5-14(19)6-4-12)11-22-17(15)24-18(20)23-16/h3-6,10-11H,2,7-9H2,1H3,(H3,20,21,22,23,24). The van der Waals surface area contributed by atoms with Crippen molar-refractivity contribution < 1.29 is 9.13 Å². The number of ether oxygens (including phenoxy) is 1. The normalized spacial score (nSPS) is 11.0. The summed E-state index contributed by atoms with van der Waals surface area (Å²) in [5, 5.41) is 3.98. The summed E-state index contributed by atoms with van der Waals surface area (Å²) in [4.78, 5) is 12.8. The van der Waals surface area contributed by atoms with E-state index >= 15 is 0 Å². The van der Waals surface area contributed by atoms with Crippen molar-refractivity contribution in [1.82, 2.24) is 15.0 Å². The van der Waals surface area contributed by atoms with Gasteiger partial charge in [0, 0.05) is 24.9 Å². The lowest BCUT2D eigenvalue weighted by molar-refractivity contribution is 0.144. The van der Waals surface area contributed by atoms with E-state index in [0.717, 1.165) is 29.5 Å². The van der Waals surface area contributed by atoms with E-state index < -0.39 is 0 Å². The zero-order valence-electron chi connectivity index (χ0n) is 14.0. The maximum atomic E-state index is 13.1. The molecule has 1 aromatic carbocycles. The van der Waals surface area contributed by atoms with E-state index in [1.54, 1.807) is 18.3 Å². The Morgan fingerprint density at radius 3 is 2.68 bits per heavy atom. The number of benzene rings is 1. The highest BCUT2D eigenvalue weighted by molar-refractivity contribution is 5.90. The van der Waals surface area contributed by atoms with Gasteiger partial charge in [-0.1, -0.05) is 19.1 Å². The summed E-state index contributed by atoms with van der Waals surface area (Å²) in [7, 11) is 0. The Kier molecular flexibility index (Phi) is 5.35. The predicted octanol–water partition coefficient (Wildman–Crippen LogP) is 3.25. The number of pyridine rings is 1. The molecule has 0 aliphatic rings. The van der Waals surface area contributed by atoms with E-state index in [1.165, 1.54) is 12.1 Å². The molecule has 0 amide bonds. The second-order valence-electron chi connectivity index (χ2n) is 5.57. The molecule has 0 fully saturated rings. The molecule has 0 bridgehead atoms. The van der Waals surface area contributed by atoms with Crippen LogP contribution in [0.3, 0.4) is 0 Å². The van der Waals surface area contributed by atoms with Crippen molar-refractivity contribution in [3.63, 3.8) is 0 Å². The quantitative estimate of drug-likeness (QED) is 0.642. The van der Waals surface area contributed by atoms with Crippen LogP contribution in [0.25, 0.3) is 22.2 Å². The third-order valence-electron chi connectivity index (χ3n) is 3.63. The predicted molar refractivity (Wildman–Crippen MR) is 96.7 cm³/mol. The highest BCUT2D eigenvalue weighted by atomic mass is 19.1. The Balaban J connectivity index is 1.89. The number of nitrogens with one attached hydrogen (secondary N) is 1. The maximum absolute atomic E-state index is 13.1. The Morgan fingerprint density at radius 2 is 1.92 bits per heavy atom. The van der Waals surface area contributed by atoms with E-state index in [4.69, 9.17) is 10.5 Å². The molecule has 0 atom stereocenters. The lowest BCUT2D eigenvalue weighted by atomic mass is 10.1. The number of halogens is 1. The van der Waals surface area contributed by atoms with Crippen molar-refractivity contribution in [1.29, 1.82) is 0 Å². The average Bonchev–Trinajstić information content (AvgIpc) is 2.62. The number of anilines is 2. The van der Waals surface area contributed by atoms with Crippen molar-refractivity contribution in [3.05, 3.63) is 42.3 Å². The molecule has 0 radical (unpaired) electrons. The largest absolute Gasteiger partial charge is 0.380 e. The number of fused-ring (bicyclic) bond motifs is 1. The highest BCUT2D eigenvalue weighted by Gasteiger charge is 2.09. The number of hydrogen-bond donors (Lipinski definition) is 2. The van der Waals surface area contributed by atoms with E-state index in [0.29, 0.717) is 24.6 Å². The third kappa shape index (κ3) is 4.19. The van der Waals surface area contributed by atoms with Crippen LogP contribution in [-0.2, 0) is 4.74 Å². The number of nitrogens with zero attached hydrogens (tertiary/aromatic N) is 3. The van der Waals surface area contributed by atoms with E-state index in [1.807, 2.05) is 6.07 Å². The van der Waals surface area contributed by atoms with Crippen LogP contribution >= 0.6 is 0 Å². The Labute approximate surface area is 145 Å². The smallest absolute Gasteiger partial charge is 0.224 e. The lowest BCUT2D eigenvalue weighted by Crippen LogP contribution is -2.12. The molecule has 2 aromatic heterocycles. The summed E-state index contributed by atoms with van der Waals surface area (Å²) in [6, 6.07) is 8.18. The minimum atomic E-state index is -0.275. The first kappa shape index (κ1) is 17.0. The van der Waals surface area contributed by atoms with Crippen molar-refractivity contribution in [3.8, 4) is 11.1 Å². The monoisotopic (exact) mass is 341 g/mol. The molecule has 3 aromatic rings. The molecule has 25 heavy (non-hydrogen) atoms. The molecule has 0 saturated heterocycles. The minimum Gasteiger partial charge on any atom is -0.380 e. The van der Waals surface area contributed by atoms with Gasteiger partial charge in [0.25, 0.3) is 0 Å². The van der Waals surface area contributed by atoms with E-state index in [9.17, 15) is 4.39 Å². The van der Waals surface area contributed by atoms with Crippen LogP contribution in [0.4, 0.5) is 16.2 Å². The number of nitrogens with two attached hydrogens (primary N) is 1. The van der Waals surface area contributed by atoms with Crippen LogP contribution < -0.4 is 11.1 Å². The van der Waals surface area contributed by atoms with Gasteiger partial charge in [-0.2, -0.15) is 9.97 Å². The van der Waals surface area contributed by atoms with Crippen LogP contribution in [0.15, 0.2) is 36.5 Å². The van der Waals surface area contributed by atoms with Gasteiger partial charge in [-0.3, -0.25) is 0 Å². The number of nitrogen functional groups attached to an aromatic ring is 1. The van der Waals surface area contributed by atoms with Gasteiger partial charge >= 0.3 is 0 Å². The first-order valence-corrected chi connectivity index (χ1v) is 8.18. The van der Waals surface area contributed by atoms with Gasteiger partial charge in [0.1, 0.15) is 11.6 Å². The second-order valence-corrected chi connectivity index (χ2v) is 5.57. The van der Waals surface area contributed by atoms with Crippen LogP contribution in [0.2, 0.25) is 0 Å². The fourth-order valence-corrected chi connectivity index (χ4v) is 2.45. The summed E-state index contributed by atoms with van der Waals surface area (Å²) in [5.41, 5.74) is 8.00. The molecule has 130 valence electrons. The van der Waals surface area contributed by atoms with Crippen molar-refractivity contribution in [2.75, 3.05) is 30.8 Å². The Hall–Kier alpha value is -2.80. The molecule has 0 unspecified atom stereocenters. The molecule has 0 saturated carbocycles. The number of rotatable bonds is 7. The topological polar surface area (TPSA) is 86.0 Å². The fraction of sp³-hybridized carbons (Fsp3) is 0.278. The molecule has 0 aliphatic carbocycles. The summed E-state index contributed by atoms with van der Waals surface area (Å²) in [6.07, 6.45) is 2.67. The average molecular weight is 341 g/mol. The van der Waals surface area contributed by atoms with Gasteiger partial charge in [-0.25, -0.2) is 9.37 Å². The summed E-state index contributed by atoms with van der Waals surface area (Å²) in [6.45, 7) is 3.97. The minimum absolute atomic E-state index is 0.159. The maximum Gasteiger partial charge on any atom is 0.224 e. The molecule has 0 spiro atoms. The van der Waals surface area contributed by atoms with Crippen molar-refractivity contribution >= 4 is 22.8 Å². The third-order valence-corrected chi connectivity index (χ3v) is 3.63. The van der Waals surface area contributed by atoms with Gasteiger partial charge < -0.3 is 15.8 Å². The first-order valence-electron chi connectivity index (χ1n) is 8.18. The van der Waals surface area contributed by atoms with Gasteiger partial charge in [0.2, 0.25) is 5.95 Å². The van der Waals surface area contributed by atoms with Gasteiger partial charge in [0.15, 0.2) is 5.65 Å². The summed E-state index contributed by atoms with van der Waals surface area (Å²) >= 11 is 0. The first-order chi connectivity index (χ1) is 12.2. The van der Waals surface area contributed by atoms with Gasteiger partial charge in [-0.15, -0.1) is 0 Å². The fourth-order valence-electron chi connectivity index (χ4n) is 2.45. The van der Waals surface area contributed by atoms with Crippen LogP contribution in [0, 0.1) is 5.82 Å². The zero-order valence-corrected chi connectivity index (χ0v) is 14.0. The number of hydrogen-bond acceptors (Lipinski definition) is 6. The van der Waals surface area contributed by atoms with E-state index in [2.05, 4.69) is 27.2 Å². The summed E-state index contributed by atoms with van der Waals surface area (Å²) in [5.74, 6) is 0.494. The molecule has 7 heteroatoms. The van der Waals surface area contributed by atoms with Crippen LogP contribution in [0.5, 0.6) is 0 Å². The summed E-state index contributed by atoms with van der Waals surface area (Å²) < 4.78 is 18.6. The molecule has 3 rings (SSSR count).